The number of rotatable bonds is 9. The van der Waals surface area contributed by atoms with Crippen molar-refractivity contribution < 1.29 is 9.53 Å². The molecular formula is C15H22ClNO2. The van der Waals surface area contributed by atoms with E-state index in [1.807, 2.05) is 0 Å². The van der Waals surface area contributed by atoms with Crippen LogP contribution in [0.15, 0.2) is 62.0 Å². The van der Waals surface area contributed by atoms with E-state index < -0.39 is 6.09 Å². The first-order valence-corrected chi connectivity index (χ1v) is 5.79. The molecule has 0 radical (unpaired) electrons. The number of carbonyl (C=O) groups is 1. The van der Waals surface area contributed by atoms with E-state index in [2.05, 4.69) is 31.6 Å². The zero-order chi connectivity index (χ0) is 13.8. The SMILES string of the molecule is C=CCNC(=O)OC(CC=C)=C(CC=C)CC=C.Cl. The van der Waals surface area contributed by atoms with Gasteiger partial charge in [-0.3, -0.25) is 0 Å². The Labute approximate surface area is 121 Å². The van der Waals surface area contributed by atoms with E-state index in [0.717, 1.165) is 5.57 Å². The summed E-state index contributed by atoms with van der Waals surface area (Å²) in [4.78, 5) is 11.5. The first-order chi connectivity index (χ1) is 8.69. The van der Waals surface area contributed by atoms with E-state index >= 15 is 0 Å². The highest BCUT2D eigenvalue weighted by atomic mass is 35.5. The topological polar surface area (TPSA) is 38.3 Å². The monoisotopic (exact) mass is 283 g/mol. The van der Waals surface area contributed by atoms with Crippen LogP contribution >= 0.6 is 12.4 Å². The maximum atomic E-state index is 11.5. The minimum Gasteiger partial charge on any atom is -0.415 e. The number of hydrogen-bond donors (Lipinski definition) is 1. The smallest absolute Gasteiger partial charge is 0.412 e. The van der Waals surface area contributed by atoms with Crippen molar-refractivity contribution in [1.82, 2.24) is 5.32 Å². The van der Waals surface area contributed by atoms with Crippen LogP contribution in [0.3, 0.4) is 0 Å². The number of carbonyl (C=O) groups excluding carboxylic acids is 1. The number of halogens is 1. The number of allylic oxidation sites excluding steroid dienone is 4. The summed E-state index contributed by atoms with van der Waals surface area (Å²) in [5.74, 6) is 0.603. The molecule has 0 atom stereocenters. The van der Waals surface area contributed by atoms with Crippen molar-refractivity contribution in [2.75, 3.05) is 6.54 Å². The zero-order valence-corrected chi connectivity index (χ0v) is 12.0. The Morgan fingerprint density at radius 3 is 1.89 bits per heavy atom. The maximum Gasteiger partial charge on any atom is 0.412 e. The maximum absolute atomic E-state index is 11.5. The van der Waals surface area contributed by atoms with Crippen molar-refractivity contribution in [2.24, 2.45) is 0 Å². The van der Waals surface area contributed by atoms with Gasteiger partial charge in [0.1, 0.15) is 5.76 Å². The van der Waals surface area contributed by atoms with Crippen molar-refractivity contribution in [3.63, 3.8) is 0 Å². The van der Waals surface area contributed by atoms with Gasteiger partial charge >= 0.3 is 6.09 Å². The lowest BCUT2D eigenvalue weighted by Crippen LogP contribution is -2.24. The molecule has 106 valence electrons. The summed E-state index contributed by atoms with van der Waals surface area (Å²) < 4.78 is 5.28. The van der Waals surface area contributed by atoms with Crippen LogP contribution in [-0.4, -0.2) is 12.6 Å². The molecule has 0 aromatic carbocycles. The lowest BCUT2D eigenvalue weighted by Gasteiger charge is -2.12. The molecule has 0 aromatic rings. The van der Waals surface area contributed by atoms with Crippen LogP contribution in [0, 0.1) is 0 Å². The predicted molar refractivity (Wildman–Crippen MR) is 83.4 cm³/mol. The fourth-order valence-electron chi connectivity index (χ4n) is 1.35. The predicted octanol–water partition coefficient (Wildman–Crippen LogP) is 4.30. The van der Waals surface area contributed by atoms with Gasteiger partial charge in [0.05, 0.1) is 0 Å². The second-order valence-electron chi connectivity index (χ2n) is 3.56. The van der Waals surface area contributed by atoms with E-state index in [0.29, 0.717) is 31.6 Å². The van der Waals surface area contributed by atoms with E-state index in [1.54, 1.807) is 24.3 Å². The van der Waals surface area contributed by atoms with Gasteiger partial charge < -0.3 is 10.1 Å². The third-order valence-corrected chi connectivity index (χ3v) is 2.11. The van der Waals surface area contributed by atoms with E-state index in [-0.39, 0.29) is 12.4 Å². The lowest BCUT2D eigenvalue weighted by atomic mass is 10.1. The Morgan fingerprint density at radius 1 is 0.947 bits per heavy atom. The van der Waals surface area contributed by atoms with Crippen LogP contribution in [0.2, 0.25) is 0 Å². The molecule has 0 saturated heterocycles. The van der Waals surface area contributed by atoms with Gasteiger partial charge in [-0.05, 0) is 18.4 Å². The van der Waals surface area contributed by atoms with Gasteiger partial charge in [0.25, 0.3) is 0 Å². The molecule has 0 aromatic heterocycles. The second kappa shape index (κ2) is 12.7. The van der Waals surface area contributed by atoms with Crippen molar-refractivity contribution >= 4 is 18.5 Å². The molecule has 0 rings (SSSR count). The molecule has 19 heavy (non-hydrogen) atoms. The Bertz CT molecular complexity index is 347. The molecular weight excluding hydrogens is 262 g/mol. The fourth-order valence-corrected chi connectivity index (χ4v) is 1.35. The Balaban J connectivity index is 0. The number of nitrogens with one attached hydrogen (secondary N) is 1. The number of hydrogen-bond acceptors (Lipinski definition) is 2. The van der Waals surface area contributed by atoms with Gasteiger partial charge in [0.15, 0.2) is 0 Å². The standard InChI is InChI=1S/C15H21NO2.ClH/c1-5-9-13(10-6-2)14(11-7-3)18-15(17)16-12-8-4;/h5-8H,1-4,9-12H2,(H,16,17);1H. The number of alkyl carbamates (subject to hydrolysis) is 1. The minimum atomic E-state index is -0.489. The van der Waals surface area contributed by atoms with Crippen LogP contribution in [0.5, 0.6) is 0 Å². The highest BCUT2D eigenvalue weighted by Gasteiger charge is 2.09. The van der Waals surface area contributed by atoms with Gasteiger partial charge in [-0.1, -0.05) is 24.3 Å². The van der Waals surface area contributed by atoms with Crippen LogP contribution in [-0.2, 0) is 4.74 Å². The Kier molecular flexibility index (Phi) is 13.1. The summed E-state index contributed by atoms with van der Waals surface area (Å²) in [7, 11) is 0. The van der Waals surface area contributed by atoms with Crippen molar-refractivity contribution in [2.45, 2.75) is 19.3 Å². The Morgan fingerprint density at radius 2 is 1.47 bits per heavy atom. The summed E-state index contributed by atoms with van der Waals surface area (Å²) in [6.07, 6.45) is 8.15. The van der Waals surface area contributed by atoms with E-state index in [9.17, 15) is 4.79 Å². The molecule has 0 fully saturated rings. The molecule has 4 heteroatoms. The second-order valence-corrected chi connectivity index (χ2v) is 3.56. The molecule has 0 spiro atoms. The highest BCUT2D eigenvalue weighted by molar-refractivity contribution is 5.85. The molecule has 0 heterocycles. The Hall–Kier alpha value is -1.74. The molecule has 0 saturated carbocycles. The summed E-state index contributed by atoms with van der Waals surface area (Å²) in [6.45, 7) is 14.9. The minimum absolute atomic E-state index is 0. The normalized spacial score (nSPS) is 8.42. The molecule has 1 amide bonds. The van der Waals surface area contributed by atoms with E-state index in [1.165, 1.54) is 0 Å². The molecule has 0 aliphatic rings. The van der Waals surface area contributed by atoms with Crippen molar-refractivity contribution in [3.05, 3.63) is 62.0 Å². The van der Waals surface area contributed by atoms with Gasteiger partial charge in [-0.2, -0.15) is 0 Å². The van der Waals surface area contributed by atoms with Crippen molar-refractivity contribution in [1.29, 1.82) is 0 Å². The van der Waals surface area contributed by atoms with Crippen molar-refractivity contribution in [3.8, 4) is 0 Å². The summed E-state index contributed by atoms with van der Waals surface area (Å²) in [5.41, 5.74) is 0.980. The highest BCUT2D eigenvalue weighted by Crippen LogP contribution is 2.19. The van der Waals surface area contributed by atoms with Gasteiger partial charge in [-0.25, -0.2) is 4.79 Å². The quantitative estimate of drug-likeness (QED) is 0.506. The summed E-state index contributed by atoms with van der Waals surface area (Å²) in [6, 6.07) is 0. The zero-order valence-electron chi connectivity index (χ0n) is 11.2. The number of amides is 1. The lowest BCUT2D eigenvalue weighted by molar-refractivity contribution is 0.174. The fraction of sp³-hybridized carbons (Fsp3) is 0.267. The largest absolute Gasteiger partial charge is 0.415 e. The average Bonchev–Trinajstić information content (AvgIpc) is 2.35. The molecule has 0 aliphatic heterocycles. The molecule has 1 N–H and O–H groups in total. The molecule has 0 bridgehead atoms. The van der Waals surface area contributed by atoms with Crippen LogP contribution in [0.1, 0.15) is 19.3 Å². The summed E-state index contributed by atoms with van der Waals surface area (Å²) >= 11 is 0. The van der Waals surface area contributed by atoms with Gasteiger partial charge in [-0.15, -0.1) is 38.7 Å². The number of ether oxygens (including phenoxy) is 1. The van der Waals surface area contributed by atoms with Gasteiger partial charge in [0.2, 0.25) is 0 Å². The van der Waals surface area contributed by atoms with Gasteiger partial charge in [0, 0.05) is 13.0 Å². The van der Waals surface area contributed by atoms with Crippen LogP contribution in [0.25, 0.3) is 0 Å². The third-order valence-electron chi connectivity index (χ3n) is 2.11. The molecule has 0 unspecified atom stereocenters. The average molecular weight is 284 g/mol. The van der Waals surface area contributed by atoms with Crippen LogP contribution in [0.4, 0.5) is 4.79 Å². The first kappa shape index (κ1) is 19.6. The molecule has 0 aliphatic carbocycles. The van der Waals surface area contributed by atoms with E-state index in [4.69, 9.17) is 4.74 Å². The first-order valence-electron chi connectivity index (χ1n) is 5.79. The summed E-state index contributed by atoms with van der Waals surface area (Å²) in [5, 5.41) is 2.56. The third kappa shape index (κ3) is 8.91. The molecule has 3 nitrogen and oxygen atoms in total. The van der Waals surface area contributed by atoms with Crippen LogP contribution < -0.4 is 5.32 Å².